The third kappa shape index (κ3) is 11.6. The molecule has 6 bridgehead atoms. The molecule has 0 spiro atoms. The summed E-state index contributed by atoms with van der Waals surface area (Å²) in [7, 11) is 1.65. The van der Waals surface area contributed by atoms with Gasteiger partial charge in [-0.25, -0.2) is 14.4 Å². The Bertz CT molecular complexity index is 2750. The second kappa shape index (κ2) is 22.8. The Labute approximate surface area is 445 Å². The van der Waals surface area contributed by atoms with E-state index in [1.165, 1.54) is 0 Å². The summed E-state index contributed by atoms with van der Waals surface area (Å²) < 4.78 is 22.4. The van der Waals surface area contributed by atoms with Crippen LogP contribution in [-0.4, -0.2) is 144 Å². The third-order valence-electron chi connectivity index (χ3n) is 17.0. The first-order valence-corrected chi connectivity index (χ1v) is 25.2. The van der Waals surface area contributed by atoms with Crippen molar-refractivity contribution in [1.82, 2.24) is 29.7 Å². The zero-order valence-electron chi connectivity index (χ0n) is 42.4. The van der Waals surface area contributed by atoms with Crippen LogP contribution in [0.1, 0.15) is 106 Å². The molecule has 396 valence electrons. The van der Waals surface area contributed by atoms with Crippen molar-refractivity contribution < 1.29 is 43.5 Å². The second-order valence-corrected chi connectivity index (χ2v) is 21.3. The van der Waals surface area contributed by atoms with Gasteiger partial charge in [-0.3, -0.25) is 0 Å². The topological polar surface area (TPSA) is 186 Å². The number of carbonyl (C=O) groups is 3. The Balaban J connectivity index is 0.000000157. The molecule has 9 saturated heterocycles. The average Bonchev–Trinajstić information content (AvgIpc) is 4.13. The molecule has 15 rings (SSSR count). The fraction of sp³-hybridized carbons (Fsp3) is 0.509. The van der Waals surface area contributed by atoms with E-state index in [0.29, 0.717) is 36.5 Å². The van der Waals surface area contributed by atoms with Gasteiger partial charge in [-0.15, -0.1) is 37.2 Å². The fourth-order valence-electron chi connectivity index (χ4n) is 11.7. The van der Waals surface area contributed by atoms with E-state index in [0.717, 1.165) is 172 Å². The van der Waals surface area contributed by atoms with Gasteiger partial charge in [-0.05, 0) is 172 Å². The number of methoxy groups -OCH3 is 1. The molecule has 6 aromatic rings. The van der Waals surface area contributed by atoms with Gasteiger partial charge in [0, 0.05) is 85.7 Å². The maximum atomic E-state index is 12.6. The third-order valence-corrected chi connectivity index (χ3v) is 17.0. The summed E-state index contributed by atoms with van der Waals surface area (Å²) in [6, 6.07) is 10.9. The first-order chi connectivity index (χ1) is 33.7. The van der Waals surface area contributed by atoms with Crippen LogP contribution in [0.5, 0.6) is 17.2 Å². The second-order valence-electron chi connectivity index (χ2n) is 21.3. The summed E-state index contributed by atoms with van der Waals surface area (Å²) in [5, 5.41) is 22.0. The molecule has 0 radical (unpaired) electrons. The standard InChI is InChI=1S/C19H24N2O3.2C18H22N2O3.3ClH/c1-13-9-14-15(11-20-16(14)10-17(13)23-2)18(22)24-12-19-3-6-21(7-4-19)8-5-19;2*1-12-8-13-14(10-19-15(13)9-16(12)21)17(22)23-11-18-2-5-20(6-3-18)7-4-18;;;/h9-11,20H,3-8,12H2,1-2H3;2*8-10,19,21H,2-7,11H2,1H3;3*1H. The van der Waals surface area contributed by atoms with Gasteiger partial charge in [0.2, 0.25) is 0 Å². The Morgan fingerprint density at radius 3 is 1.03 bits per heavy atom. The number of piperidine rings is 9. The van der Waals surface area contributed by atoms with E-state index < -0.39 is 0 Å². The van der Waals surface area contributed by atoms with Gasteiger partial charge in [0.25, 0.3) is 0 Å². The monoisotopic (exact) mass is 1060 g/mol. The van der Waals surface area contributed by atoms with Crippen LogP contribution in [0.15, 0.2) is 55.0 Å². The fourth-order valence-corrected chi connectivity index (χ4v) is 11.7. The van der Waals surface area contributed by atoms with Gasteiger partial charge >= 0.3 is 17.9 Å². The van der Waals surface area contributed by atoms with E-state index >= 15 is 0 Å². The molecule has 0 amide bonds. The largest absolute Gasteiger partial charge is 0.508 e. The van der Waals surface area contributed by atoms with Crippen LogP contribution in [-0.2, 0) is 14.2 Å². The number of aromatic nitrogens is 3. The van der Waals surface area contributed by atoms with Gasteiger partial charge in [0.15, 0.2) is 0 Å². The van der Waals surface area contributed by atoms with E-state index in [1.807, 2.05) is 45.0 Å². The molecular formula is C55H71Cl3N6O9. The zero-order chi connectivity index (χ0) is 48.8. The quantitative estimate of drug-likeness (QED) is 0.0647. The highest BCUT2D eigenvalue weighted by Crippen LogP contribution is 2.43. The maximum Gasteiger partial charge on any atom is 0.340 e. The van der Waals surface area contributed by atoms with E-state index in [2.05, 4.69) is 29.7 Å². The Morgan fingerprint density at radius 2 is 0.740 bits per heavy atom. The van der Waals surface area contributed by atoms with Crippen molar-refractivity contribution in [3.63, 3.8) is 0 Å². The van der Waals surface area contributed by atoms with Crippen LogP contribution in [0.3, 0.4) is 0 Å². The molecule has 18 heteroatoms. The van der Waals surface area contributed by atoms with Crippen LogP contribution in [0.4, 0.5) is 0 Å². The highest BCUT2D eigenvalue weighted by atomic mass is 35.5. The first-order valence-electron chi connectivity index (χ1n) is 25.2. The summed E-state index contributed by atoms with van der Waals surface area (Å²) in [5.41, 5.74) is 7.21. The molecule has 73 heavy (non-hydrogen) atoms. The minimum Gasteiger partial charge on any atom is -0.508 e. The first kappa shape index (κ1) is 55.6. The molecule has 9 fully saturated rings. The van der Waals surface area contributed by atoms with Crippen LogP contribution in [0.2, 0.25) is 0 Å². The van der Waals surface area contributed by atoms with Crippen molar-refractivity contribution in [1.29, 1.82) is 0 Å². The molecule has 3 aromatic heterocycles. The predicted molar refractivity (Wildman–Crippen MR) is 290 cm³/mol. The highest BCUT2D eigenvalue weighted by molar-refractivity contribution is 6.06. The Kier molecular flexibility index (Phi) is 17.3. The van der Waals surface area contributed by atoms with Crippen LogP contribution in [0.25, 0.3) is 32.7 Å². The minimum atomic E-state index is -0.274. The van der Waals surface area contributed by atoms with Crippen molar-refractivity contribution in [2.24, 2.45) is 16.2 Å². The van der Waals surface area contributed by atoms with Gasteiger partial charge < -0.3 is 58.8 Å². The molecule has 0 aliphatic carbocycles. The number of phenols is 2. The molecule has 12 heterocycles. The van der Waals surface area contributed by atoms with Gasteiger partial charge in [0.1, 0.15) is 17.2 Å². The lowest BCUT2D eigenvalue weighted by Crippen LogP contribution is -2.50. The molecule has 15 nitrogen and oxygen atoms in total. The lowest BCUT2D eigenvalue weighted by atomic mass is 9.73. The maximum absolute atomic E-state index is 12.6. The molecular weight excluding hydrogens is 995 g/mol. The average molecular weight is 1070 g/mol. The molecule has 9 aliphatic rings. The lowest BCUT2D eigenvalue weighted by Gasteiger charge is -2.47. The number of hydrogen-bond donors (Lipinski definition) is 5. The summed E-state index contributed by atoms with van der Waals surface area (Å²) >= 11 is 0. The molecule has 0 saturated carbocycles. The van der Waals surface area contributed by atoms with Gasteiger partial charge in [-0.2, -0.15) is 0 Å². The van der Waals surface area contributed by atoms with E-state index in [4.69, 9.17) is 18.9 Å². The molecule has 0 atom stereocenters. The predicted octanol–water partition coefficient (Wildman–Crippen LogP) is 10.0. The highest BCUT2D eigenvalue weighted by Gasteiger charge is 2.43. The molecule has 5 N–H and O–H groups in total. The SMILES string of the molecule is COc1cc2[nH]cc(C(=O)OCC34CCN(CC3)CC4)c2cc1C.Cc1cc2c(C(=O)OCC34CCN(CC3)CC4)c[nH]c2cc1O.Cc1cc2c(C(=O)OCC34CCN(CC3)CC4)c[nH]c2cc1O.Cl.Cl.Cl. The van der Waals surface area contributed by atoms with E-state index in [9.17, 15) is 24.6 Å². The number of phenolic OH excluding ortho intramolecular Hbond substituents is 2. The lowest BCUT2D eigenvalue weighted by molar-refractivity contribution is -0.0305. The number of esters is 3. The normalized spacial score (nSPS) is 25.2. The van der Waals surface area contributed by atoms with Crippen molar-refractivity contribution in [2.75, 3.05) is 85.8 Å². The number of aromatic amines is 3. The number of H-pyrrole nitrogens is 3. The van der Waals surface area contributed by atoms with Crippen molar-refractivity contribution in [3.05, 3.63) is 88.4 Å². The summed E-state index contributed by atoms with van der Waals surface area (Å²) in [6.07, 6.45) is 15.3. The van der Waals surface area contributed by atoms with E-state index in [1.54, 1.807) is 37.8 Å². The number of fused-ring (bicyclic) bond motifs is 12. The minimum absolute atomic E-state index is 0. The summed E-state index contributed by atoms with van der Waals surface area (Å²) in [4.78, 5) is 54.3. The molecule has 9 aliphatic heterocycles. The van der Waals surface area contributed by atoms with Crippen LogP contribution >= 0.6 is 37.2 Å². The number of ether oxygens (including phenoxy) is 4. The van der Waals surface area contributed by atoms with Gasteiger partial charge in [0.05, 0.1) is 43.6 Å². The number of hydrogen-bond acceptors (Lipinski definition) is 12. The number of benzene rings is 3. The zero-order valence-corrected chi connectivity index (χ0v) is 44.8. The Hall–Kier alpha value is -5.16. The van der Waals surface area contributed by atoms with Gasteiger partial charge in [-0.1, -0.05) is 0 Å². The number of aromatic hydroxyl groups is 2. The summed E-state index contributed by atoms with van der Waals surface area (Å²) in [5.74, 6) is 0.497. The van der Waals surface area contributed by atoms with Crippen molar-refractivity contribution >= 4 is 87.8 Å². The number of aryl methyl sites for hydroxylation is 3. The van der Waals surface area contributed by atoms with Crippen LogP contribution in [0, 0.1) is 37.0 Å². The summed E-state index contributed by atoms with van der Waals surface area (Å²) in [6.45, 7) is 17.4. The Morgan fingerprint density at radius 1 is 0.466 bits per heavy atom. The number of halogens is 3. The molecule has 3 aromatic carbocycles. The smallest absolute Gasteiger partial charge is 0.340 e. The number of rotatable bonds is 10. The van der Waals surface area contributed by atoms with Crippen molar-refractivity contribution in [3.8, 4) is 17.2 Å². The number of carbonyl (C=O) groups excluding carboxylic acids is 3. The van der Waals surface area contributed by atoms with Crippen molar-refractivity contribution in [2.45, 2.75) is 78.6 Å². The molecule has 0 unspecified atom stereocenters. The number of nitrogens with one attached hydrogen (secondary N) is 3. The number of nitrogens with zero attached hydrogens (tertiary/aromatic N) is 3. The van der Waals surface area contributed by atoms with Crippen LogP contribution < -0.4 is 4.74 Å². The van der Waals surface area contributed by atoms with E-state index in [-0.39, 0.29) is 82.9 Å².